The molecule has 3 rings (SSSR count). The summed E-state index contributed by atoms with van der Waals surface area (Å²) in [5.41, 5.74) is 8.04. The number of nitrogens with two attached hydrogens (primary N) is 1. The van der Waals surface area contributed by atoms with E-state index >= 15 is 0 Å². The van der Waals surface area contributed by atoms with Gasteiger partial charge in [0, 0.05) is 28.3 Å². The Morgan fingerprint density at radius 2 is 2.05 bits per heavy atom. The molecule has 2 aliphatic rings. The number of fused-ring (bicyclic) bond motifs is 2. The fourth-order valence-electron chi connectivity index (χ4n) is 3.70. The molecule has 2 atom stereocenters. The number of nitrogens with zero attached hydrogens (tertiary/aromatic N) is 1. The fourth-order valence-corrected chi connectivity index (χ4v) is 4.17. The standard InChI is InChI=1S/C16H22BrN3O/c1-10-6-11(17)2-5-15(10)19-16(21)9-20-13-3-4-14(20)8-12(18)7-13/h2,5-6,12-14H,3-4,7-9,18H2,1H3,(H,19,21). The zero-order valence-electron chi connectivity index (χ0n) is 12.3. The molecule has 0 aliphatic carbocycles. The molecular weight excluding hydrogens is 330 g/mol. The molecule has 2 saturated heterocycles. The van der Waals surface area contributed by atoms with Crippen LogP contribution in [0.15, 0.2) is 22.7 Å². The molecule has 4 nitrogen and oxygen atoms in total. The van der Waals surface area contributed by atoms with Crippen LogP contribution in [0.2, 0.25) is 0 Å². The molecular formula is C16H22BrN3O. The van der Waals surface area contributed by atoms with E-state index in [1.54, 1.807) is 0 Å². The zero-order chi connectivity index (χ0) is 15.0. The van der Waals surface area contributed by atoms with Crippen LogP contribution in [0.3, 0.4) is 0 Å². The first-order valence-corrected chi connectivity index (χ1v) is 8.39. The van der Waals surface area contributed by atoms with Crippen LogP contribution in [-0.4, -0.2) is 35.5 Å². The first-order chi connectivity index (χ1) is 10.0. The molecule has 2 aliphatic heterocycles. The maximum absolute atomic E-state index is 12.3. The molecule has 1 amide bonds. The van der Waals surface area contributed by atoms with Gasteiger partial charge in [-0.05, 0) is 56.4 Å². The SMILES string of the molecule is Cc1cc(Br)ccc1NC(=O)CN1C2CCC1CC(N)C2. The highest BCUT2D eigenvalue weighted by Crippen LogP contribution is 2.34. The van der Waals surface area contributed by atoms with E-state index in [1.165, 1.54) is 12.8 Å². The van der Waals surface area contributed by atoms with E-state index < -0.39 is 0 Å². The minimum absolute atomic E-state index is 0.0767. The second kappa shape index (κ2) is 6.07. The molecule has 1 aromatic carbocycles. The Hall–Kier alpha value is -0.910. The van der Waals surface area contributed by atoms with Crippen LogP contribution in [0.5, 0.6) is 0 Å². The van der Waals surface area contributed by atoms with Crippen LogP contribution in [0.25, 0.3) is 0 Å². The van der Waals surface area contributed by atoms with Gasteiger partial charge < -0.3 is 11.1 Å². The summed E-state index contributed by atoms with van der Waals surface area (Å²) in [6, 6.07) is 7.21. The molecule has 114 valence electrons. The van der Waals surface area contributed by atoms with Gasteiger partial charge in [0.05, 0.1) is 6.54 Å². The van der Waals surface area contributed by atoms with Crippen LogP contribution in [0.1, 0.15) is 31.2 Å². The average molecular weight is 352 g/mol. The number of piperidine rings is 1. The summed E-state index contributed by atoms with van der Waals surface area (Å²) >= 11 is 3.44. The summed E-state index contributed by atoms with van der Waals surface area (Å²) < 4.78 is 1.03. The summed E-state index contributed by atoms with van der Waals surface area (Å²) in [4.78, 5) is 14.7. The van der Waals surface area contributed by atoms with Gasteiger partial charge in [0.1, 0.15) is 0 Å². The van der Waals surface area contributed by atoms with Crippen molar-refractivity contribution >= 4 is 27.5 Å². The third-order valence-electron chi connectivity index (χ3n) is 4.71. The van der Waals surface area contributed by atoms with Crippen LogP contribution < -0.4 is 11.1 Å². The Morgan fingerprint density at radius 3 is 2.67 bits per heavy atom. The number of aryl methyl sites for hydroxylation is 1. The molecule has 2 bridgehead atoms. The topological polar surface area (TPSA) is 58.4 Å². The predicted molar refractivity (Wildman–Crippen MR) is 88.2 cm³/mol. The van der Waals surface area contributed by atoms with Gasteiger partial charge in [-0.15, -0.1) is 0 Å². The van der Waals surface area contributed by atoms with E-state index in [0.717, 1.165) is 28.6 Å². The van der Waals surface area contributed by atoms with Gasteiger partial charge in [0.15, 0.2) is 0 Å². The summed E-state index contributed by atoms with van der Waals surface area (Å²) in [6.07, 6.45) is 4.42. The van der Waals surface area contributed by atoms with Crippen molar-refractivity contribution in [3.05, 3.63) is 28.2 Å². The van der Waals surface area contributed by atoms with Crippen molar-refractivity contribution in [3.63, 3.8) is 0 Å². The van der Waals surface area contributed by atoms with Gasteiger partial charge >= 0.3 is 0 Å². The molecule has 0 saturated carbocycles. The molecule has 1 aromatic rings. The summed E-state index contributed by atoms with van der Waals surface area (Å²) in [7, 11) is 0. The number of rotatable bonds is 3. The van der Waals surface area contributed by atoms with Gasteiger partial charge in [0.25, 0.3) is 0 Å². The van der Waals surface area contributed by atoms with Gasteiger partial charge in [-0.1, -0.05) is 15.9 Å². The van der Waals surface area contributed by atoms with Crippen molar-refractivity contribution in [2.75, 3.05) is 11.9 Å². The average Bonchev–Trinajstić information content (AvgIpc) is 2.66. The Labute approximate surface area is 134 Å². The number of carbonyl (C=O) groups is 1. The highest BCUT2D eigenvalue weighted by molar-refractivity contribution is 9.10. The quantitative estimate of drug-likeness (QED) is 0.879. The molecule has 2 heterocycles. The van der Waals surface area contributed by atoms with Crippen molar-refractivity contribution in [1.29, 1.82) is 0 Å². The van der Waals surface area contributed by atoms with E-state index in [2.05, 4.69) is 26.1 Å². The van der Waals surface area contributed by atoms with Crippen LogP contribution >= 0.6 is 15.9 Å². The molecule has 2 unspecified atom stereocenters. The van der Waals surface area contributed by atoms with Crippen molar-refractivity contribution in [3.8, 4) is 0 Å². The van der Waals surface area contributed by atoms with Crippen LogP contribution in [-0.2, 0) is 4.79 Å². The number of hydrogen-bond donors (Lipinski definition) is 2. The number of nitrogens with one attached hydrogen (secondary N) is 1. The largest absolute Gasteiger partial charge is 0.328 e. The number of benzene rings is 1. The van der Waals surface area contributed by atoms with Crippen molar-refractivity contribution in [2.45, 2.75) is 50.7 Å². The van der Waals surface area contributed by atoms with E-state index in [4.69, 9.17) is 5.73 Å². The van der Waals surface area contributed by atoms with Gasteiger partial charge in [0.2, 0.25) is 5.91 Å². The Kier molecular flexibility index (Phi) is 4.33. The third-order valence-corrected chi connectivity index (χ3v) is 5.20. The monoisotopic (exact) mass is 351 g/mol. The maximum atomic E-state index is 12.3. The summed E-state index contributed by atoms with van der Waals surface area (Å²) in [5, 5.41) is 3.03. The lowest BCUT2D eigenvalue weighted by Crippen LogP contribution is -2.49. The van der Waals surface area contributed by atoms with Crippen LogP contribution in [0.4, 0.5) is 5.69 Å². The summed E-state index contributed by atoms with van der Waals surface area (Å²) in [5.74, 6) is 0.0767. The predicted octanol–water partition coefficient (Wildman–Crippen LogP) is 2.65. The van der Waals surface area contributed by atoms with E-state index in [-0.39, 0.29) is 5.91 Å². The second-order valence-corrected chi connectivity index (χ2v) is 7.21. The number of halogens is 1. The molecule has 3 N–H and O–H groups in total. The molecule has 0 radical (unpaired) electrons. The Bertz CT molecular complexity index is 534. The number of amides is 1. The van der Waals surface area contributed by atoms with Crippen molar-refractivity contribution < 1.29 is 4.79 Å². The minimum atomic E-state index is 0.0767. The van der Waals surface area contributed by atoms with E-state index in [0.29, 0.717) is 24.7 Å². The summed E-state index contributed by atoms with van der Waals surface area (Å²) in [6.45, 7) is 2.49. The molecule has 0 aromatic heterocycles. The lowest BCUT2D eigenvalue weighted by Gasteiger charge is -2.37. The Balaban J connectivity index is 1.62. The number of hydrogen-bond acceptors (Lipinski definition) is 3. The van der Waals surface area contributed by atoms with Crippen molar-refractivity contribution in [1.82, 2.24) is 4.90 Å². The maximum Gasteiger partial charge on any atom is 0.238 e. The smallest absolute Gasteiger partial charge is 0.238 e. The van der Waals surface area contributed by atoms with E-state index in [9.17, 15) is 4.79 Å². The Morgan fingerprint density at radius 1 is 1.38 bits per heavy atom. The van der Waals surface area contributed by atoms with E-state index in [1.807, 2.05) is 25.1 Å². The molecule has 0 spiro atoms. The lowest BCUT2D eigenvalue weighted by atomic mass is 9.98. The normalized spacial score (nSPS) is 28.6. The third kappa shape index (κ3) is 3.30. The lowest BCUT2D eigenvalue weighted by molar-refractivity contribution is -0.118. The fraction of sp³-hybridized carbons (Fsp3) is 0.562. The van der Waals surface area contributed by atoms with Crippen molar-refractivity contribution in [2.24, 2.45) is 5.73 Å². The zero-order valence-corrected chi connectivity index (χ0v) is 13.9. The highest BCUT2D eigenvalue weighted by Gasteiger charge is 2.40. The van der Waals surface area contributed by atoms with Gasteiger partial charge in [-0.25, -0.2) is 0 Å². The first-order valence-electron chi connectivity index (χ1n) is 7.60. The van der Waals surface area contributed by atoms with Crippen LogP contribution in [0, 0.1) is 6.92 Å². The second-order valence-electron chi connectivity index (χ2n) is 6.30. The highest BCUT2D eigenvalue weighted by atomic mass is 79.9. The first kappa shape index (κ1) is 15.0. The molecule has 21 heavy (non-hydrogen) atoms. The number of anilines is 1. The molecule has 5 heteroatoms. The number of carbonyl (C=O) groups excluding carboxylic acids is 1. The van der Waals surface area contributed by atoms with Gasteiger partial charge in [-0.3, -0.25) is 9.69 Å². The van der Waals surface area contributed by atoms with Gasteiger partial charge in [-0.2, -0.15) is 0 Å². The minimum Gasteiger partial charge on any atom is -0.328 e. The molecule has 2 fully saturated rings.